The van der Waals surface area contributed by atoms with E-state index in [-0.39, 0.29) is 6.04 Å². The predicted molar refractivity (Wildman–Crippen MR) is 75.3 cm³/mol. The standard InChI is InChI=1S/C13H20Cl2N2/c1-3-5-9(2)12(17-16)8-10-6-4-7-11(14)13(10)15/h4,6-7,9,12,17H,3,5,8,16H2,1-2H3. The summed E-state index contributed by atoms with van der Waals surface area (Å²) in [5.41, 5.74) is 3.93. The molecule has 2 unspecified atom stereocenters. The fourth-order valence-corrected chi connectivity index (χ4v) is 2.42. The molecule has 0 radical (unpaired) electrons. The van der Waals surface area contributed by atoms with Gasteiger partial charge in [-0.15, -0.1) is 0 Å². The van der Waals surface area contributed by atoms with E-state index in [0.29, 0.717) is 16.0 Å². The predicted octanol–water partition coefficient (Wildman–Crippen LogP) is 3.80. The van der Waals surface area contributed by atoms with Gasteiger partial charge in [-0.3, -0.25) is 11.3 Å². The number of benzene rings is 1. The van der Waals surface area contributed by atoms with Crippen LogP contribution in [-0.2, 0) is 6.42 Å². The van der Waals surface area contributed by atoms with Crippen LogP contribution in [0.2, 0.25) is 10.0 Å². The largest absolute Gasteiger partial charge is 0.271 e. The van der Waals surface area contributed by atoms with E-state index < -0.39 is 0 Å². The third-order valence-electron chi connectivity index (χ3n) is 3.12. The molecule has 0 bridgehead atoms. The molecule has 0 aliphatic carbocycles. The average molecular weight is 275 g/mol. The van der Waals surface area contributed by atoms with E-state index in [4.69, 9.17) is 29.0 Å². The molecule has 4 heteroatoms. The third-order valence-corrected chi connectivity index (χ3v) is 3.97. The number of hydrogen-bond donors (Lipinski definition) is 2. The highest BCUT2D eigenvalue weighted by atomic mass is 35.5. The Balaban J connectivity index is 2.77. The van der Waals surface area contributed by atoms with Crippen LogP contribution in [-0.4, -0.2) is 6.04 Å². The molecule has 3 N–H and O–H groups in total. The number of nitrogens with one attached hydrogen (secondary N) is 1. The van der Waals surface area contributed by atoms with Gasteiger partial charge in [0.1, 0.15) is 0 Å². The molecule has 0 saturated heterocycles. The number of rotatable bonds is 6. The zero-order valence-corrected chi connectivity index (χ0v) is 11.9. The molecular weight excluding hydrogens is 255 g/mol. The van der Waals surface area contributed by atoms with Crippen molar-refractivity contribution in [3.8, 4) is 0 Å². The Labute approximate surface area is 113 Å². The Kier molecular flexibility index (Phi) is 6.28. The maximum atomic E-state index is 6.18. The van der Waals surface area contributed by atoms with Crippen LogP contribution < -0.4 is 11.3 Å². The summed E-state index contributed by atoms with van der Waals surface area (Å²) in [7, 11) is 0. The SMILES string of the molecule is CCCC(C)C(Cc1cccc(Cl)c1Cl)NN. The van der Waals surface area contributed by atoms with Crippen LogP contribution in [0.4, 0.5) is 0 Å². The van der Waals surface area contributed by atoms with Gasteiger partial charge in [-0.25, -0.2) is 0 Å². The molecule has 0 spiro atoms. The molecule has 0 saturated carbocycles. The Hall–Kier alpha value is -0.280. The Morgan fingerprint density at radius 1 is 1.35 bits per heavy atom. The summed E-state index contributed by atoms with van der Waals surface area (Å²) < 4.78 is 0. The number of nitrogens with two attached hydrogens (primary N) is 1. The summed E-state index contributed by atoms with van der Waals surface area (Å²) in [6, 6.07) is 5.94. The molecule has 17 heavy (non-hydrogen) atoms. The van der Waals surface area contributed by atoms with E-state index >= 15 is 0 Å². The van der Waals surface area contributed by atoms with E-state index in [1.165, 1.54) is 0 Å². The van der Waals surface area contributed by atoms with Gasteiger partial charge in [0.2, 0.25) is 0 Å². The monoisotopic (exact) mass is 274 g/mol. The summed E-state index contributed by atoms with van der Waals surface area (Å²) in [6.07, 6.45) is 3.10. The quantitative estimate of drug-likeness (QED) is 0.612. The highest BCUT2D eigenvalue weighted by Gasteiger charge is 2.17. The van der Waals surface area contributed by atoms with Crippen molar-refractivity contribution >= 4 is 23.2 Å². The first-order chi connectivity index (χ1) is 8.10. The van der Waals surface area contributed by atoms with Gasteiger partial charge >= 0.3 is 0 Å². The summed E-state index contributed by atoms with van der Waals surface area (Å²) >= 11 is 12.2. The van der Waals surface area contributed by atoms with Gasteiger partial charge in [0.15, 0.2) is 0 Å². The minimum atomic E-state index is 0.228. The molecule has 0 aliphatic heterocycles. The van der Waals surface area contributed by atoms with Crippen molar-refractivity contribution in [3.63, 3.8) is 0 Å². The lowest BCUT2D eigenvalue weighted by molar-refractivity contribution is 0.357. The van der Waals surface area contributed by atoms with Crippen LogP contribution in [0.25, 0.3) is 0 Å². The minimum Gasteiger partial charge on any atom is -0.271 e. The molecule has 1 aromatic rings. The maximum Gasteiger partial charge on any atom is 0.0624 e. The van der Waals surface area contributed by atoms with Crippen molar-refractivity contribution in [2.45, 2.75) is 39.2 Å². The van der Waals surface area contributed by atoms with E-state index in [9.17, 15) is 0 Å². The van der Waals surface area contributed by atoms with Crippen molar-refractivity contribution < 1.29 is 0 Å². The summed E-state index contributed by atoms with van der Waals surface area (Å²) in [4.78, 5) is 0. The van der Waals surface area contributed by atoms with Gasteiger partial charge < -0.3 is 0 Å². The second-order valence-electron chi connectivity index (χ2n) is 4.46. The van der Waals surface area contributed by atoms with E-state index in [1.54, 1.807) is 6.07 Å². The zero-order chi connectivity index (χ0) is 12.8. The van der Waals surface area contributed by atoms with E-state index in [2.05, 4.69) is 19.3 Å². The lowest BCUT2D eigenvalue weighted by atomic mass is 9.92. The second kappa shape index (κ2) is 7.22. The number of hydrogen-bond acceptors (Lipinski definition) is 2. The second-order valence-corrected chi connectivity index (χ2v) is 5.24. The number of hydrazine groups is 1. The van der Waals surface area contributed by atoms with E-state index in [1.807, 2.05) is 12.1 Å². The van der Waals surface area contributed by atoms with Crippen molar-refractivity contribution in [2.24, 2.45) is 11.8 Å². The van der Waals surface area contributed by atoms with Crippen LogP contribution in [0.3, 0.4) is 0 Å². The molecular formula is C13H20Cl2N2. The zero-order valence-electron chi connectivity index (χ0n) is 10.3. The summed E-state index contributed by atoms with van der Waals surface area (Å²) in [5.74, 6) is 6.13. The summed E-state index contributed by atoms with van der Waals surface area (Å²) in [5, 5.41) is 1.24. The lowest BCUT2D eigenvalue weighted by Crippen LogP contribution is -2.41. The normalized spacial score (nSPS) is 14.6. The van der Waals surface area contributed by atoms with Gasteiger partial charge in [0, 0.05) is 6.04 Å². The highest BCUT2D eigenvalue weighted by Crippen LogP contribution is 2.27. The lowest BCUT2D eigenvalue weighted by Gasteiger charge is -2.23. The molecule has 0 aliphatic rings. The van der Waals surface area contributed by atoms with Crippen LogP contribution in [0.1, 0.15) is 32.3 Å². The third kappa shape index (κ3) is 4.14. The molecule has 1 rings (SSSR count). The smallest absolute Gasteiger partial charge is 0.0624 e. The summed E-state index contributed by atoms with van der Waals surface area (Å²) in [6.45, 7) is 4.38. The van der Waals surface area contributed by atoms with Gasteiger partial charge in [-0.05, 0) is 30.4 Å². The topological polar surface area (TPSA) is 38.0 Å². The van der Waals surface area contributed by atoms with Gasteiger partial charge in [0.25, 0.3) is 0 Å². The van der Waals surface area contributed by atoms with Crippen LogP contribution in [0.15, 0.2) is 18.2 Å². The van der Waals surface area contributed by atoms with Crippen molar-refractivity contribution in [2.75, 3.05) is 0 Å². The van der Waals surface area contributed by atoms with Crippen molar-refractivity contribution in [1.82, 2.24) is 5.43 Å². The Morgan fingerprint density at radius 2 is 2.06 bits per heavy atom. The average Bonchev–Trinajstić information content (AvgIpc) is 2.31. The van der Waals surface area contributed by atoms with Gasteiger partial charge in [-0.2, -0.15) is 0 Å². The molecule has 96 valence electrons. The Bertz CT molecular complexity index is 355. The van der Waals surface area contributed by atoms with Gasteiger partial charge in [-0.1, -0.05) is 55.6 Å². The molecule has 1 aromatic carbocycles. The fourth-order valence-electron chi connectivity index (χ4n) is 2.02. The number of halogens is 2. The van der Waals surface area contributed by atoms with Crippen LogP contribution >= 0.6 is 23.2 Å². The van der Waals surface area contributed by atoms with Crippen LogP contribution in [0.5, 0.6) is 0 Å². The first-order valence-corrected chi connectivity index (χ1v) is 6.74. The van der Waals surface area contributed by atoms with Crippen molar-refractivity contribution in [1.29, 1.82) is 0 Å². The van der Waals surface area contributed by atoms with Crippen LogP contribution in [0, 0.1) is 5.92 Å². The molecule has 0 aromatic heterocycles. The molecule has 0 fully saturated rings. The first-order valence-electron chi connectivity index (χ1n) is 5.99. The Morgan fingerprint density at radius 3 is 2.65 bits per heavy atom. The fraction of sp³-hybridized carbons (Fsp3) is 0.538. The highest BCUT2D eigenvalue weighted by molar-refractivity contribution is 6.42. The first kappa shape index (κ1) is 14.8. The minimum absolute atomic E-state index is 0.228. The van der Waals surface area contributed by atoms with E-state index in [0.717, 1.165) is 24.8 Å². The molecule has 2 atom stereocenters. The van der Waals surface area contributed by atoms with Crippen molar-refractivity contribution in [3.05, 3.63) is 33.8 Å². The molecule has 2 nitrogen and oxygen atoms in total. The molecule has 0 amide bonds. The molecule has 0 heterocycles. The maximum absolute atomic E-state index is 6.18. The van der Waals surface area contributed by atoms with Gasteiger partial charge in [0.05, 0.1) is 10.0 Å².